The van der Waals surface area contributed by atoms with E-state index in [4.69, 9.17) is 16.3 Å². The lowest BCUT2D eigenvalue weighted by atomic mass is 10.1. The summed E-state index contributed by atoms with van der Waals surface area (Å²) in [4.78, 5) is 5.27. The molecule has 0 radical (unpaired) electrons. The summed E-state index contributed by atoms with van der Waals surface area (Å²) in [6.07, 6.45) is 0.205. The van der Waals surface area contributed by atoms with Crippen LogP contribution >= 0.6 is 22.9 Å². The average molecular weight is 382 g/mol. The number of ether oxygens (including phenoxy) is 1. The molecular formula is C18H24ClN3O2S. The van der Waals surface area contributed by atoms with Gasteiger partial charge in [0.25, 0.3) is 0 Å². The number of rotatable bonds is 8. The highest BCUT2D eigenvalue weighted by molar-refractivity contribution is 7.16. The number of hydrogen-bond donors (Lipinski definition) is 3. The van der Waals surface area contributed by atoms with Crippen molar-refractivity contribution in [1.29, 1.82) is 0 Å². The van der Waals surface area contributed by atoms with Crippen LogP contribution in [-0.2, 0) is 6.42 Å². The molecule has 3 N–H and O–H groups in total. The fourth-order valence-electron chi connectivity index (χ4n) is 2.27. The second kappa shape index (κ2) is 10.3. The molecule has 0 saturated heterocycles. The Labute approximate surface area is 157 Å². The normalized spacial score (nSPS) is 12.7. The van der Waals surface area contributed by atoms with E-state index in [1.807, 2.05) is 31.2 Å². The number of aliphatic hydroxyl groups is 1. The maximum absolute atomic E-state index is 10.2. The SMILES string of the molecule is CCNC(=NCC(O)c1ccc(Cl)s1)NCCc1cccc(OC)c1. The lowest BCUT2D eigenvalue weighted by Gasteiger charge is -2.13. The summed E-state index contributed by atoms with van der Waals surface area (Å²) in [5, 5.41) is 16.7. The molecule has 1 aromatic carbocycles. The van der Waals surface area contributed by atoms with E-state index in [-0.39, 0.29) is 6.54 Å². The first kappa shape index (κ1) is 19.6. The van der Waals surface area contributed by atoms with Crippen LogP contribution < -0.4 is 15.4 Å². The van der Waals surface area contributed by atoms with Gasteiger partial charge in [-0.3, -0.25) is 4.99 Å². The zero-order valence-corrected chi connectivity index (χ0v) is 16.0. The summed E-state index contributed by atoms with van der Waals surface area (Å²) in [6.45, 7) is 3.78. The van der Waals surface area contributed by atoms with Gasteiger partial charge in [0.2, 0.25) is 0 Å². The Bertz CT molecular complexity index is 690. The number of hydrogen-bond acceptors (Lipinski definition) is 4. The summed E-state index contributed by atoms with van der Waals surface area (Å²) in [7, 11) is 1.67. The number of thiophene rings is 1. The number of nitrogens with zero attached hydrogens (tertiary/aromatic N) is 1. The number of benzene rings is 1. The van der Waals surface area contributed by atoms with Gasteiger partial charge in [0.05, 0.1) is 18.0 Å². The second-order valence-corrected chi connectivity index (χ2v) is 7.15. The highest BCUT2D eigenvalue weighted by atomic mass is 35.5. The molecule has 0 fully saturated rings. The van der Waals surface area contributed by atoms with Gasteiger partial charge in [0.1, 0.15) is 11.9 Å². The molecule has 0 saturated carbocycles. The van der Waals surface area contributed by atoms with E-state index in [2.05, 4.69) is 21.7 Å². The van der Waals surface area contributed by atoms with Gasteiger partial charge in [0, 0.05) is 18.0 Å². The van der Waals surface area contributed by atoms with Crippen LogP contribution in [0.3, 0.4) is 0 Å². The molecule has 2 rings (SSSR count). The summed E-state index contributed by atoms with van der Waals surface area (Å²) < 4.78 is 5.90. The van der Waals surface area contributed by atoms with Crippen molar-refractivity contribution in [2.24, 2.45) is 4.99 Å². The topological polar surface area (TPSA) is 65.9 Å². The Morgan fingerprint density at radius 2 is 2.16 bits per heavy atom. The lowest BCUT2D eigenvalue weighted by Crippen LogP contribution is -2.38. The first-order chi connectivity index (χ1) is 12.1. The third-order valence-corrected chi connectivity index (χ3v) is 4.86. The number of aliphatic imine (C=N–C) groups is 1. The molecule has 7 heteroatoms. The van der Waals surface area contributed by atoms with Crippen LogP contribution in [0.1, 0.15) is 23.5 Å². The highest BCUT2D eigenvalue weighted by Gasteiger charge is 2.10. The summed E-state index contributed by atoms with van der Waals surface area (Å²) in [6, 6.07) is 11.6. The van der Waals surface area contributed by atoms with E-state index < -0.39 is 6.10 Å². The maximum Gasteiger partial charge on any atom is 0.191 e. The van der Waals surface area contributed by atoms with Crippen LogP contribution in [-0.4, -0.2) is 37.8 Å². The third-order valence-electron chi connectivity index (χ3n) is 3.53. The predicted octanol–water partition coefficient (Wildman–Crippen LogP) is 3.24. The van der Waals surface area contributed by atoms with Crippen molar-refractivity contribution in [2.45, 2.75) is 19.4 Å². The van der Waals surface area contributed by atoms with Crippen molar-refractivity contribution in [3.63, 3.8) is 0 Å². The Morgan fingerprint density at radius 3 is 2.84 bits per heavy atom. The molecule has 136 valence electrons. The van der Waals surface area contributed by atoms with Gasteiger partial charge in [-0.1, -0.05) is 23.7 Å². The van der Waals surface area contributed by atoms with Crippen LogP contribution in [0.25, 0.3) is 0 Å². The molecule has 0 amide bonds. The fourth-order valence-corrected chi connectivity index (χ4v) is 3.31. The van der Waals surface area contributed by atoms with Gasteiger partial charge < -0.3 is 20.5 Å². The number of guanidine groups is 1. The van der Waals surface area contributed by atoms with E-state index in [9.17, 15) is 5.11 Å². The van der Waals surface area contributed by atoms with Gasteiger partial charge >= 0.3 is 0 Å². The molecule has 1 aromatic heterocycles. The molecular weight excluding hydrogens is 358 g/mol. The number of halogens is 1. The molecule has 5 nitrogen and oxygen atoms in total. The van der Waals surface area contributed by atoms with E-state index in [1.165, 1.54) is 16.9 Å². The minimum Gasteiger partial charge on any atom is -0.497 e. The standard InChI is InChI=1S/C18H24ClN3O2S/c1-3-20-18(22-12-15(23)16-7-8-17(19)25-16)21-10-9-13-5-4-6-14(11-13)24-2/h4-8,11,15,23H,3,9-10,12H2,1-2H3,(H2,20,21,22). The van der Waals surface area contributed by atoms with Crippen molar-refractivity contribution in [3.05, 3.63) is 51.2 Å². The average Bonchev–Trinajstić information content (AvgIpc) is 3.06. The zero-order valence-electron chi connectivity index (χ0n) is 14.5. The van der Waals surface area contributed by atoms with Gasteiger partial charge in [-0.15, -0.1) is 11.3 Å². The van der Waals surface area contributed by atoms with Crippen molar-refractivity contribution in [2.75, 3.05) is 26.7 Å². The summed E-state index contributed by atoms with van der Waals surface area (Å²) in [5.41, 5.74) is 1.19. The van der Waals surface area contributed by atoms with Crippen molar-refractivity contribution >= 4 is 28.9 Å². The van der Waals surface area contributed by atoms with Gasteiger partial charge in [0.15, 0.2) is 5.96 Å². The molecule has 0 aliphatic carbocycles. The smallest absolute Gasteiger partial charge is 0.191 e. The Balaban J connectivity index is 1.86. The molecule has 0 aliphatic rings. The van der Waals surface area contributed by atoms with E-state index in [1.54, 1.807) is 13.2 Å². The van der Waals surface area contributed by atoms with E-state index >= 15 is 0 Å². The Morgan fingerprint density at radius 1 is 1.32 bits per heavy atom. The van der Waals surface area contributed by atoms with Crippen LogP contribution in [0.15, 0.2) is 41.4 Å². The Hall–Kier alpha value is -1.76. The minimum absolute atomic E-state index is 0.283. The summed E-state index contributed by atoms with van der Waals surface area (Å²) >= 11 is 7.28. The Kier molecular flexibility index (Phi) is 8.04. The molecule has 0 aliphatic heterocycles. The van der Waals surface area contributed by atoms with Gasteiger partial charge in [-0.25, -0.2) is 0 Å². The van der Waals surface area contributed by atoms with E-state index in [0.717, 1.165) is 30.1 Å². The number of aliphatic hydroxyl groups excluding tert-OH is 1. The molecule has 1 heterocycles. The predicted molar refractivity (Wildman–Crippen MR) is 105 cm³/mol. The van der Waals surface area contributed by atoms with Crippen LogP contribution in [0.4, 0.5) is 0 Å². The molecule has 1 atom stereocenters. The highest BCUT2D eigenvalue weighted by Crippen LogP contribution is 2.26. The fraction of sp³-hybridized carbons (Fsp3) is 0.389. The minimum atomic E-state index is -0.647. The summed E-state index contributed by atoms with van der Waals surface area (Å²) in [5.74, 6) is 1.54. The van der Waals surface area contributed by atoms with Crippen molar-refractivity contribution < 1.29 is 9.84 Å². The quantitative estimate of drug-likeness (QED) is 0.485. The monoisotopic (exact) mass is 381 g/mol. The number of nitrogens with one attached hydrogen (secondary N) is 2. The van der Waals surface area contributed by atoms with Crippen LogP contribution in [0.5, 0.6) is 5.75 Å². The molecule has 0 bridgehead atoms. The first-order valence-corrected chi connectivity index (χ1v) is 9.40. The molecule has 25 heavy (non-hydrogen) atoms. The van der Waals surface area contributed by atoms with Crippen LogP contribution in [0.2, 0.25) is 4.34 Å². The lowest BCUT2D eigenvalue weighted by molar-refractivity contribution is 0.191. The van der Waals surface area contributed by atoms with Crippen LogP contribution in [0, 0.1) is 0 Å². The maximum atomic E-state index is 10.2. The molecule has 1 unspecified atom stereocenters. The third kappa shape index (κ3) is 6.57. The van der Waals surface area contributed by atoms with Crippen molar-refractivity contribution in [3.8, 4) is 5.75 Å². The molecule has 0 spiro atoms. The molecule has 2 aromatic rings. The zero-order chi connectivity index (χ0) is 18.1. The van der Waals surface area contributed by atoms with Gasteiger partial charge in [-0.2, -0.15) is 0 Å². The van der Waals surface area contributed by atoms with Crippen molar-refractivity contribution in [1.82, 2.24) is 10.6 Å². The number of methoxy groups -OCH3 is 1. The van der Waals surface area contributed by atoms with Gasteiger partial charge in [-0.05, 0) is 43.2 Å². The van der Waals surface area contributed by atoms with E-state index in [0.29, 0.717) is 10.3 Å². The first-order valence-electron chi connectivity index (χ1n) is 8.20. The largest absolute Gasteiger partial charge is 0.497 e. The second-order valence-electron chi connectivity index (χ2n) is 5.41.